The smallest absolute Gasteiger partial charge is 0.135 e. The van der Waals surface area contributed by atoms with Crippen LogP contribution in [0.15, 0.2) is 211 Å². The lowest BCUT2D eigenvalue weighted by molar-refractivity contribution is 0.666. The molecule has 0 N–H and O–H groups in total. The number of fused-ring (bicyclic) bond motifs is 8. The maximum absolute atomic E-state index is 6.17. The number of para-hydroxylation sites is 3. The topological polar surface area (TPSA) is 19.6 Å². The van der Waals surface area contributed by atoms with Crippen LogP contribution >= 0.6 is 0 Å². The van der Waals surface area contributed by atoms with Gasteiger partial charge in [0.05, 0.1) is 0 Å². The summed E-state index contributed by atoms with van der Waals surface area (Å²) < 4.78 is 6.17. The van der Waals surface area contributed by atoms with Gasteiger partial charge in [0, 0.05) is 50.3 Å². The molecule has 0 unspecified atom stereocenters. The minimum Gasteiger partial charge on any atom is -0.456 e. The molecule has 1 aliphatic carbocycles. The third-order valence-electron chi connectivity index (χ3n) is 12.0. The molecule has 10 aromatic rings. The SMILES string of the molecule is CC1(C)c2cc(N(c3ccccc3)c3ccc(-c4ccc(N(c5ccccc5)c5ccc6oc7ccccc7c6c5)cc4)cc3)ccc2-c2ccc3ccccc3c21. The second kappa shape index (κ2) is 13.4. The minimum absolute atomic E-state index is 0.142. The first-order chi connectivity index (χ1) is 28.5. The van der Waals surface area contributed by atoms with E-state index in [2.05, 4.69) is 218 Å². The van der Waals surface area contributed by atoms with Crippen molar-refractivity contribution in [3.63, 3.8) is 0 Å². The highest BCUT2D eigenvalue weighted by atomic mass is 16.3. The highest BCUT2D eigenvalue weighted by Gasteiger charge is 2.37. The van der Waals surface area contributed by atoms with Crippen molar-refractivity contribution in [2.75, 3.05) is 9.80 Å². The number of anilines is 6. The Bertz CT molecular complexity index is 3130. The van der Waals surface area contributed by atoms with Crippen molar-refractivity contribution >= 4 is 66.8 Å². The molecule has 0 saturated carbocycles. The standard InChI is InChI=1S/C55H40N2O/c1-55(2)51-36-45(30-33-47(51)49-32-25-39-13-9-10-18-46(39)54(49)55)57(41-16-7-4-8-17-41)43-28-23-38(24-29-43)37-21-26-42(27-22-37)56(40-14-5-3-6-15-40)44-31-34-53-50(35-44)48-19-11-12-20-52(48)58-53/h3-36H,1-2H3. The van der Waals surface area contributed by atoms with E-state index in [4.69, 9.17) is 4.42 Å². The average Bonchev–Trinajstić information content (AvgIpc) is 3.76. The first-order valence-electron chi connectivity index (χ1n) is 20.0. The molecule has 0 atom stereocenters. The summed E-state index contributed by atoms with van der Waals surface area (Å²) in [6.45, 7) is 4.75. The van der Waals surface area contributed by atoms with Crippen LogP contribution in [0.1, 0.15) is 25.0 Å². The van der Waals surface area contributed by atoms with E-state index in [0.29, 0.717) is 0 Å². The van der Waals surface area contributed by atoms with Gasteiger partial charge in [-0.25, -0.2) is 0 Å². The van der Waals surface area contributed by atoms with Crippen molar-refractivity contribution in [1.82, 2.24) is 0 Å². The Morgan fingerprint density at radius 1 is 0.362 bits per heavy atom. The lowest BCUT2D eigenvalue weighted by Gasteiger charge is -2.28. The minimum atomic E-state index is -0.142. The maximum atomic E-state index is 6.17. The Morgan fingerprint density at radius 2 is 0.845 bits per heavy atom. The van der Waals surface area contributed by atoms with E-state index in [-0.39, 0.29) is 5.41 Å². The number of furan rings is 1. The number of hydrogen-bond acceptors (Lipinski definition) is 3. The molecular formula is C55H40N2O. The van der Waals surface area contributed by atoms with E-state index in [1.807, 2.05) is 12.1 Å². The van der Waals surface area contributed by atoms with Crippen LogP contribution in [0, 0.1) is 0 Å². The fourth-order valence-electron chi connectivity index (χ4n) is 9.23. The molecule has 1 aromatic heterocycles. The normalized spacial score (nSPS) is 12.8. The van der Waals surface area contributed by atoms with Gasteiger partial charge in [-0.1, -0.05) is 135 Å². The molecule has 0 saturated heterocycles. The van der Waals surface area contributed by atoms with Gasteiger partial charge in [-0.3, -0.25) is 0 Å². The van der Waals surface area contributed by atoms with Crippen LogP contribution in [0.2, 0.25) is 0 Å². The average molecular weight is 745 g/mol. The van der Waals surface area contributed by atoms with Crippen LogP contribution in [0.25, 0.3) is 55.0 Å². The van der Waals surface area contributed by atoms with Crippen LogP contribution in [-0.2, 0) is 5.41 Å². The second-order valence-electron chi connectivity index (χ2n) is 15.8. The largest absolute Gasteiger partial charge is 0.456 e. The van der Waals surface area contributed by atoms with Gasteiger partial charge in [0.1, 0.15) is 11.2 Å². The van der Waals surface area contributed by atoms with E-state index in [1.54, 1.807) is 0 Å². The lowest BCUT2D eigenvalue weighted by Crippen LogP contribution is -2.17. The van der Waals surface area contributed by atoms with E-state index in [1.165, 1.54) is 38.6 Å². The highest BCUT2D eigenvalue weighted by Crippen LogP contribution is 2.53. The Balaban J connectivity index is 0.937. The molecule has 58 heavy (non-hydrogen) atoms. The van der Waals surface area contributed by atoms with Crippen LogP contribution < -0.4 is 9.80 Å². The molecule has 1 aliphatic rings. The summed E-state index contributed by atoms with van der Waals surface area (Å²) in [5.74, 6) is 0. The third kappa shape index (κ3) is 5.50. The van der Waals surface area contributed by atoms with Gasteiger partial charge in [0.15, 0.2) is 0 Å². The fraction of sp³-hybridized carbons (Fsp3) is 0.0545. The summed E-state index contributed by atoms with van der Waals surface area (Å²) in [7, 11) is 0. The second-order valence-corrected chi connectivity index (χ2v) is 15.8. The van der Waals surface area contributed by atoms with Crippen LogP contribution in [-0.4, -0.2) is 0 Å². The van der Waals surface area contributed by atoms with E-state index in [0.717, 1.165) is 61.6 Å². The zero-order valence-corrected chi connectivity index (χ0v) is 32.4. The Kier molecular flexibility index (Phi) is 7.84. The van der Waals surface area contributed by atoms with Crippen LogP contribution in [0.4, 0.5) is 34.1 Å². The molecule has 0 aliphatic heterocycles. The zero-order valence-electron chi connectivity index (χ0n) is 32.4. The molecule has 276 valence electrons. The number of hydrogen-bond donors (Lipinski definition) is 0. The summed E-state index contributed by atoms with van der Waals surface area (Å²) >= 11 is 0. The van der Waals surface area contributed by atoms with Gasteiger partial charge >= 0.3 is 0 Å². The molecule has 0 spiro atoms. The Morgan fingerprint density at radius 3 is 1.50 bits per heavy atom. The third-order valence-corrected chi connectivity index (χ3v) is 12.0. The predicted molar refractivity (Wildman–Crippen MR) is 244 cm³/mol. The van der Waals surface area contributed by atoms with Gasteiger partial charge in [-0.15, -0.1) is 0 Å². The van der Waals surface area contributed by atoms with Gasteiger partial charge < -0.3 is 14.2 Å². The molecule has 9 aromatic carbocycles. The monoisotopic (exact) mass is 744 g/mol. The molecule has 11 rings (SSSR count). The van der Waals surface area contributed by atoms with E-state index >= 15 is 0 Å². The summed E-state index contributed by atoms with van der Waals surface area (Å²) in [5.41, 5.74) is 16.1. The van der Waals surface area contributed by atoms with Crippen molar-refractivity contribution < 1.29 is 4.42 Å². The summed E-state index contributed by atoms with van der Waals surface area (Å²) in [6.07, 6.45) is 0. The Hall–Kier alpha value is -7.36. The van der Waals surface area contributed by atoms with Crippen molar-refractivity contribution in [3.8, 4) is 22.3 Å². The zero-order chi connectivity index (χ0) is 38.8. The van der Waals surface area contributed by atoms with Gasteiger partial charge in [0.25, 0.3) is 0 Å². The van der Waals surface area contributed by atoms with Gasteiger partial charge in [-0.05, 0) is 129 Å². The van der Waals surface area contributed by atoms with Gasteiger partial charge in [0.2, 0.25) is 0 Å². The van der Waals surface area contributed by atoms with Crippen molar-refractivity contribution in [1.29, 1.82) is 0 Å². The summed E-state index contributed by atoms with van der Waals surface area (Å²) in [4.78, 5) is 4.69. The quantitative estimate of drug-likeness (QED) is 0.162. The first-order valence-corrected chi connectivity index (χ1v) is 20.0. The molecule has 0 amide bonds. The summed E-state index contributed by atoms with van der Waals surface area (Å²) in [6, 6.07) is 74.2. The molecule has 3 nitrogen and oxygen atoms in total. The lowest BCUT2D eigenvalue weighted by atomic mass is 9.80. The van der Waals surface area contributed by atoms with Gasteiger partial charge in [-0.2, -0.15) is 0 Å². The molecule has 0 radical (unpaired) electrons. The van der Waals surface area contributed by atoms with Crippen molar-refractivity contribution in [2.45, 2.75) is 19.3 Å². The van der Waals surface area contributed by atoms with Crippen molar-refractivity contribution in [2.24, 2.45) is 0 Å². The molecule has 3 heteroatoms. The van der Waals surface area contributed by atoms with Crippen LogP contribution in [0.5, 0.6) is 0 Å². The number of benzene rings is 9. The highest BCUT2D eigenvalue weighted by molar-refractivity contribution is 6.06. The molecule has 0 bridgehead atoms. The number of rotatable bonds is 7. The Labute approximate surface area is 338 Å². The molecular weight excluding hydrogens is 705 g/mol. The van der Waals surface area contributed by atoms with Crippen LogP contribution in [0.3, 0.4) is 0 Å². The van der Waals surface area contributed by atoms with E-state index < -0.39 is 0 Å². The fourth-order valence-corrected chi connectivity index (χ4v) is 9.23. The first kappa shape index (κ1) is 33.9. The summed E-state index contributed by atoms with van der Waals surface area (Å²) in [5, 5.41) is 4.86. The van der Waals surface area contributed by atoms with E-state index in [9.17, 15) is 0 Å². The molecule has 0 fully saturated rings. The maximum Gasteiger partial charge on any atom is 0.135 e. The number of nitrogens with zero attached hydrogens (tertiary/aromatic N) is 2. The molecule has 1 heterocycles. The van der Waals surface area contributed by atoms with Crippen molar-refractivity contribution in [3.05, 3.63) is 217 Å². The predicted octanol–water partition coefficient (Wildman–Crippen LogP) is 15.7.